The molecule has 2 aromatic rings. The van der Waals surface area contributed by atoms with Gasteiger partial charge in [-0.25, -0.2) is 0 Å². The molecule has 0 aliphatic rings. The van der Waals surface area contributed by atoms with Crippen LogP contribution in [0.1, 0.15) is 44.8 Å². The maximum atomic E-state index is 6.16. The SMILES string of the molecule is CCC(CNC(=NC)NCCc1nc(C(C)C)no1)Oc1ccccc1Cl. The average Bonchev–Trinajstić information content (AvgIpc) is 3.14. The molecule has 2 N–H and O–H groups in total. The molecule has 27 heavy (non-hydrogen) atoms. The number of nitrogens with zero attached hydrogens (tertiary/aromatic N) is 3. The molecule has 0 saturated carbocycles. The fraction of sp³-hybridized carbons (Fsp3) is 0.526. The van der Waals surface area contributed by atoms with Crippen LogP contribution < -0.4 is 15.4 Å². The van der Waals surface area contributed by atoms with Crippen LogP contribution in [0.3, 0.4) is 0 Å². The number of benzene rings is 1. The monoisotopic (exact) mass is 393 g/mol. The van der Waals surface area contributed by atoms with Crippen LogP contribution in [0, 0.1) is 0 Å². The first kappa shape index (κ1) is 21.0. The highest BCUT2D eigenvalue weighted by atomic mass is 35.5. The van der Waals surface area contributed by atoms with Gasteiger partial charge >= 0.3 is 0 Å². The molecule has 1 aromatic carbocycles. The number of hydrogen-bond acceptors (Lipinski definition) is 5. The summed E-state index contributed by atoms with van der Waals surface area (Å²) in [7, 11) is 1.73. The van der Waals surface area contributed by atoms with E-state index in [0.717, 1.165) is 12.2 Å². The Hall–Kier alpha value is -2.28. The van der Waals surface area contributed by atoms with Crippen molar-refractivity contribution in [3.05, 3.63) is 41.0 Å². The third-order valence-corrected chi connectivity index (χ3v) is 4.25. The maximum Gasteiger partial charge on any atom is 0.228 e. The number of aliphatic imine (C=N–C) groups is 1. The number of rotatable bonds is 9. The van der Waals surface area contributed by atoms with Crippen LogP contribution in [0.15, 0.2) is 33.8 Å². The maximum absolute atomic E-state index is 6.16. The van der Waals surface area contributed by atoms with Gasteiger partial charge in [0.1, 0.15) is 11.9 Å². The lowest BCUT2D eigenvalue weighted by atomic mass is 10.2. The predicted octanol–water partition coefficient (Wildman–Crippen LogP) is 3.41. The minimum Gasteiger partial charge on any atom is -0.487 e. The largest absolute Gasteiger partial charge is 0.487 e. The van der Waals surface area contributed by atoms with Crippen molar-refractivity contribution in [2.45, 2.75) is 45.6 Å². The third-order valence-electron chi connectivity index (χ3n) is 3.94. The van der Waals surface area contributed by atoms with Crippen LogP contribution in [-0.2, 0) is 6.42 Å². The molecule has 148 valence electrons. The predicted molar refractivity (Wildman–Crippen MR) is 108 cm³/mol. The highest BCUT2D eigenvalue weighted by molar-refractivity contribution is 6.32. The molecule has 1 heterocycles. The minimum atomic E-state index is -0.0204. The summed E-state index contributed by atoms with van der Waals surface area (Å²) in [6.07, 6.45) is 1.45. The van der Waals surface area contributed by atoms with Gasteiger partial charge in [-0.3, -0.25) is 4.99 Å². The minimum absolute atomic E-state index is 0.0204. The Morgan fingerprint density at radius 1 is 1.30 bits per heavy atom. The van der Waals surface area contributed by atoms with Crippen LogP contribution in [0.25, 0.3) is 0 Å². The van der Waals surface area contributed by atoms with E-state index in [4.69, 9.17) is 20.9 Å². The van der Waals surface area contributed by atoms with Crippen LogP contribution in [0.2, 0.25) is 5.02 Å². The van der Waals surface area contributed by atoms with E-state index in [1.807, 2.05) is 38.1 Å². The van der Waals surface area contributed by atoms with Gasteiger partial charge in [0.15, 0.2) is 11.8 Å². The lowest BCUT2D eigenvalue weighted by Crippen LogP contribution is -2.43. The Morgan fingerprint density at radius 3 is 2.70 bits per heavy atom. The summed E-state index contributed by atoms with van der Waals surface area (Å²) >= 11 is 6.16. The second-order valence-electron chi connectivity index (χ2n) is 6.41. The number of halogens is 1. The third kappa shape index (κ3) is 6.75. The zero-order valence-electron chi connectivity index (χ0n) is 16.3. The number of para-hydroxylation sites is 1. The van der Waals surface area contributed by atoms with Crippen molar-refractivity contribution in [2.75, 3.05) is 20.1 Å². The lowest BCUT2D eigenvalue weighted by molar-refractivity contribution is 0.199. The van der Waals surface area contributed by atoms with E-state index in [1.54, 1.807) is 7.05 Å². The summed E-state index contributed by atoms with van der Waals surface area (Å²) < 4.78 is 11.2. The molecule has 7 nitrogen and oxygen atoms in total. The van der Waals surface area contributed by atoms with E-state index in [-0.39, 0.29) is 12.0 Å². The molecule has 1 atom stereocenters. The van der Waals surface area contributed by atoms with E-state index in [1.165, 1.54) is 0 Å². The van der Waals surface area contributed by atoms with E-state index in [2.05, 4.69) is 32.7 Å². The number of guanidine groups is 1. The van der Waals surface area contributed by atoms with Crippen LogP contribution in [-0.4, -0.2) is 42.3 Å². The summed E-state index contributed by atoms with van der Waals surface area (Å²) in [5.41, 5.74) is 0. The van der Waals surface area contributed by atoms with E-state index >= 15 is 0 Å². The molecular formula is C19H28ClN5O2. The Labute approximate surface area is 165 Å². The summed E-state index contributed by atoms with van der Waals surface area (Å²) in [5, 5.41) is 11.1. The summed E-state index contributed by atoms with van der Waals surface area (Å²) in [4.78, 5) is 8.59. The Kier molecular flexibility index (Phi) is 8.39. The molecule has 0 saturated heterocycles. The summed E-state index contributed by atoms with van der Waals surface area (Å²) in [6, 6.07) is 7.48. The van der Waals surface area contributed by atoms with Gasteiger partial charge in [0.25, 0.3) is 0 Å². The number of hydrogen-bond donors (Lipinski definition) is 2. The van der Waals surface area contributed by atoms with Gasteiger partial charge in [-0.2, -0.15) is 4.98 Å². The van der Waals surface area contributed by atoms with Gasteiger partial charge in [0.2, 0.25) is 5.89 Å². The van der Waals surface area contributed by atoms with Crippen molar-refractivity contribution in [1.82, 2.24) is 20.8 Å². The smallest absolute Gasteiger partial charge is 0.228 e. The van der Waals surface area contributed by atoms with Crippen molar-refractivity contribution in [2.24, 2.45) is 4.99 Å². The topological polar surface area (TPSA) is 84.6 Å². The van der Waals surface area contributed by atoms with Gasteiger partial charge in [0.05, 0.1) is 11.6 Å². The number of aromatic nitrogens is 2. The Bertz CT molecular complexity index is 732. The van der Waals surface area contributed by atoms with Crippen LogP contribution in [0.5, 0.6) is 5.75 Å². The van der Waals surface area contributed by atoms with E-state index in [0.29, 0.717) is 42.1 Å². The molecule has 0 bridgehead atoms. The quantitative estimate of drug-likeness (QED) is 0.501. The van der Waals surface area contributed by atoms with E-state index in [9.17, 15) is 0 Å². The highest BCUT2D eigenvalue weighted by Crippen LogP contribution is 2.24. The Morgan fingerprint density at radius 2 is 2.07 bits per heavy atom. The summed E-state index contributed by atoms with van der Waals surface area (Å²) in [6.45, 7) is 7.39. The van der Waals surface area contributed by atoms with Gasteiger partial charge in [-0.1, -0.05) is 49.7 Å². The molecule has 1 aromatic heterocycles. The van der Waals surface area contributed by atoms with Crippen molar-refractivity contribution >= 4 is 17.6 Å². The van der Waals surface area contributed by atoms with Gasteiger partial charge in [-0.05, 0) is 18.6 Å². The van der Waals surface area contributed by atoms with Crippen LogP contribution >= 0.6 is 11.6 Å². The van der Waals surface area contributed by atoms with Gasteiger partial charge < -0.3 is 19.9 Å². The first-order chi connectivity index (χ1) is 13.0. The number of nitrogens with one attached hydrogen (secondary N) is 2. The zero-order valence-corrected chi connectivity index (χ0v) is 17.1. The van der Waals surface area contributed by atoms with Crippen molar-refractivity contribution in [1.29, 1.82) is 0 Å². The second kappa shape index (κ2) is 10.8. The zero-order chi connectivity index (χ0) is 19.6. The second-order valence-corrected chi connectivity index (χ2v) is 6.82. The molecule has 0 aliphatic carbocycles. The van der Waals surface area contributed by atoms with Crippen LogP contribution in [0.4, 0.5) is 0 Å². The molecule has 2 rings (SSSR count). The molecule has 0 aliphatic heterocycles. The standard InChI is InChI=1S/C19H28ClN5O2/c1-5-14(26-16-9-7-6-8-15(16)20)12-23-19(21-4)22-11-10-17-24-18(13(2)3)25-27-17/h6-9,13-14H,5,10-12H2,1-4H3,(H2,21,22,23). The lowest BCUT2D eigenvalue weighted by Gasteiger charge is -2.20. The fourth-order valence-corrected chi connectivity index (χ4v) is 2.49. The van der Waals surface area contributed by atoms with Gasteiger partial charge in [0, 0.05) is 25.9 Å². The van der Waals surface area contributed by atoms with Crippen molar-refractivity contribution < 1.29 is 9.26 Å². The first-order valence-electron chi connectivity index (χ1n) is 9.21. The normalized spacial score (nSPS) is 12.9. The van der Waals surface area contributed by atoms with E-state index < -0.39 is 0 Å². The molecule has 1 unspecified atom stereocenters. The molecular weight excluding hydrogens is 366 g/mol. The average molecular weight is 394 g/mol. The molecule has 0 amide bonds. The fourth-order valence-electron chi connectivity index (χ4n) is 2.31. The molecule has 0 fully saturated rings. The van der Waals surface area contributed by atoms with Crippen molar-refractivity contribution in [3.63, 3.8) is 0 Å². The molecule has 0 radical (unpaired) electrons. The Balaban J connectivity index is 1.77. The molecule has 8 heteroatoms. The number of ether oxygens (including phenoxy) is 1. The van der Waals surface area contributed by atoms with Gasteiger partial charge in [-0.15, -0.1) is 0 Å². The summed E-state index contributed by atoms with van der Waals surface area (Å²) in [5.74, 6) is 2.99. The first-order valence-corrected chi connectivity index (χ1v) is 9.59. The highest BCUT2D eigenvalue weighted by Gasteiger charge is 2.12. The van der Waals surface area contributed by atoms with Crippen molar-refractivity contribution in [3.8, 4) is 5.75 Å². The molecule has 0 spiro atoms.